The van der Waals surface area contributed by atoms with Gasteiger partial charge in [-0.3, -0.25) is 9.36 Å². The van der Waals surface area contributed by atoms with Gasteiger partial charge in [-0.25, -0.2) is 4.79 Å². The average molecular weight is 296 g/mol. The highest BCUT2D eigenvalue weighted by atomic mass is 16.5. The summed E-state index contributed by atoms with van der Waals surface area (Å²) in [5.74, 6) is -1.19. The molecular formula is C15H24N2O4. The number of hydrogen-bond acceptors (Lipinski definition) is 4. The molecule has 0 radical (unpaired) electrons. The van der Waals surface area contributed by atoms with E-state index in [9.17, 15) is 14.7 Å². The van der Waals surface area contributed by atoms with E-state index < -0.39 is 11.9 Å². The highest BCUT2D eigenvalue weighted by molar-refractivity contribution is 5.76. The number of carbonyl (C=O) groups is 1. The van der Waals surface area contributed by atoms with Gasteiger partial charge in [0.2, 0.25) is 0 Å². The zero-order valence-electron chi connectivity index (χ0n) is 13.3. The normalized spacial score (nSPS) is 12.7. The van der Waals surface area contributed by atoms with E-state index in [1.807, 2.05) is 0 Å². The molecule has 0 amide bonds. The summed E-state index contributed by atoms with van der Waals surface area (Å²) in [6.07, 6.45) is 0. The third-order valence-corrected chi connectivity index (χ3v) is 3.39. The van der Waals surface area contributed by atoms with Gasteiger partial charge >= 0.3 is 11.7 Å². The van der Waals surface area contributed by atoms with Crippen LogP contribution in [0.3, 0.4) is 0 Å². The monoisotopic (exact) mass is 296 g/mol. The van der Waals surface area contributed by atoms with E-state index in [1.54, 1.807) is 20.8 Å². The molecule has 1 rings (SSSR count). The van der Waals surface area contributed by atoms with Gasteiger partial charge in [-0.2, -0.15) is 4.98 Å². The molecule has 21 heavy (non-hydrogen) atoms. The Labute approximate surface area is 124 Å². The molecule has 1 atom stereocenters. The SMILES string of the molecule is Cc1nc(=O)n(CCOCC(C)C)c(C)c1C(C)C(=O)O. The molecule has 0 aromatic carbocycles. The Balaban J connectivity index is 3.02. The number of ether oxygens (including phenoxy) is 1. The number of aromatic nitrogens is 2. The first-order valence-corrected chi connectivity index (χ1v) is 7.14. The molecule has 6 heteroatoms. The molecule has 0 saturated heterocycles. The molecule has 0 aliphatic heterocycles. The highest BCUT2D eigenvalue weighted by Gasteiger charge is 2.22. The molecule has 118 valence electrons. The van der Waals surface area contributed by atoms with E-state index in [0.29, 0.717) is 42.6 Å². The Bertz CT molecular complexity index is 564. The number of rotatable bonds is 7. The van der Waals surface area contributed by atoms with Crippen LogP contribution in [0.1, 0.15) is 43.6 Å². The molecule has 0 spiro atoms. The second-order valence-electron chi connectivity index (χ2n) is 5.66. The predicted octanol–water partition coefficient (Wildman–Crippen LogP) is 1.72. The lowest BCUT2D eigenvalue weighted by molar-refractivity contribution is -0.138. The molecule has 1 heterocycles. The largest absolute Gasteiger partial charge is 0.481 e. The van der Waals surface area contributed by atoms with Crippen molar-refractivity contribution in [2.75, 3.05) is 13.2 Å². The second-order valence-corrected chi connectivity index (χ2v) is 5.66. The fourth-order valence-corrected chi connectivity index (χ4v) is 2.30. The summed E-state index contributed by atoms with van der Waals surface area (Å²) < 4.78 is 6.97. The minimum Gasteiger partial charge on any atom is -0.481 e. The number of nitrogens with zero attached hydrogens (tertiary/aromatic N) is 2. The third-order valence-electron chi connectivity index (χ3n) is 3.39. The highest BCUT2D eigenvalue weighted by Crippen LogP contribution is 2.21. The zero-order valence-corrected chi connectivity index (χ0v) is 13.3. The van der Waals surface area contributed by atoms with Crippen LogP contribution in [0, 0.1) is 19.8 Å². The van der Waals surface area contributed by atoms with E-state index in [0.717, 1.165) is 0 Å². The van der Waals surface area contributed by atoms with Crippen molar-refractivity contribution in [3.63, 3.8) is 0 Å². The quantitative estimate of drug-likeness (QED) is 0.775. The maximum Gasteiger partial charge on any atom is 0.348 e. The maximum absolute atomic E-state index is 12.0. The summed E-state index contributed by atoms with van der Waals surface area (Å²) >= 11 is 0. The van der Waals surface area contributed by atoms with Gasteiger partial charge in [0.15, 0.2) is 0 Å². The molecule has 1 unspecified atom stereocenters. The van der Waals surface area contributed by atoms with E-state index in [1.165, 1.54) is 4.57 Å². The number of hydrogen-bond donors (Lipinski definition) is 1. The van der Waals surface area contributed by atoms with Gasteiger partial charge in [-0.1, -0.05) is 13.8 Å². The lowest BCUT2D eigenvalue weighted by atomic mass is 9.98. The first-order chi connectivity index (χ1) is 9.75. The fraction of sp³-hybridized carbons (Fsp3) is 0.667. The summed E-state index contributed by atoms with van der Waals surface area (Å²) in [4.78, 5) is 27.1. The fourth-order valence-electron chi connectivity index (χ4n) is 2.30. The molecule has 6 nitrogen and oxygen atoms in total. The Hall–Kier alpha value is -1.69. The van der Waals surface area contributed by atoms with Crippen molar-refractivity contribution in [1.29, 1.82) is 0 Å². The lowest BCUT2D eigenvalue weighted by Crippen LogP contribution is -2.30. The molecule has 0 fully saturated rings. The Morgan fingerprint density at radius 1 is 1.33 bits per heavy atom. The van der Waals surface area contributed by atoms with Crippen LogP contribution in [0.5, 0.6) is 0 Å². The van der Waals surface area contributed by atoms with E-state index in [4.69, 9.17) is 4.74 Å². The number of aryl methyl sites for hydroxylation is 1. The summed E-state index contributed by atoms with van der Waals surface area (Å²) in [6, 6.07) is 0. The van der Waals surface area contributed by atoms with Crippen molar-refractivity contribution in [3.05, 3.63) is 27.4 Å². The van der Waals surface area contributed by atoms with Crippen LogP contribution >= 0.6 is 0 Å². The first kappa shape index (κ1) is 17.4. The van der Waals surface area contributed by atoms with Crippen LogP contribution in [0.4, 0.5) is 0 Å². The van der Waals surface area contributed by atoms with Crippen molar-refractivity contribution in [2.45, 2.75) is 47.1 Å². The molecule has 0 saturated carbocycles. The lowest BCUT2D eigenvalue weighted by Gasteiger charge is -2.18. The van der Waals surface area contributed by atoms with Crippen molar-refractivity contribution in [1.82, 2.24) is 9.55 Å². The van der Waals surface area contributed by atoms with E-state index in [2.05, 4.69) is 18.8 Å². The van der Waals surface area contributed by atoms with Crippen molar-refractivity contribution in [3.8, 4) is 0 Å². The van der Waals surface area contributed by atoms with Crippen molar-refractivity contribution >= 4 is 5.97 Å². The topological polar surface area (TPSA) is 81.4 Å². The van der Waals surface area contributed by atoms with Gasteiger partial charge in [-0.15, -0.1) is 0 Å². The van der Waals surface area contributed by atoms with Gasteiger partial charge in [-0.05, 0) is 26.7 Å². The standard InChI is InChI=1S/C15H24N2O4/c1-9(2)8-21-7-6-17-12(5)13(10(3)14(18)19)11(4)16-15(17)20/h9-10H,6-8H2,1-5H3,(H,18,19). The number of aliphatic carboxylic acids is 1. The summed E-state index contributed by atoms with van der Waals surface area (Å²) in [5.41, 5.74) is 1.37. The molecule has 0 aliphatic rings. The summed E-state index contributed by atoms with van der Waals surface area (Å²) in [6.45, 7) is 10.6. The van der Waals surface area contributed by atoms with Crippen LogP contribution < -0.4 is 5.69 Å². The minimum absolute atomic E-state index is 0.362. The van der Waals surface area contributed by atoms with Crippen molar-refractivity contribution < 1.29 is 14.6 Å². The van der Waals surface area contributed by atoms with E-state index in [-0.39, 0.29) is 5.69 Å². The second kappa shape index (κ2) is 7.36. The third kappa shape index (κ3) is 4.39. The summed E-state index contributed by atoms with van der Waals surface area (Å²) in [5, 5.41) is 9.18. The predicted molar refractivity (Wildman–Crippen MR) is 79.7 cm³/mol. The first-order valence-electron chi connectivity index (χ1n) is 7.14. The molecule has 0 bridgehead atoms. The molecule has 1 N–H and O–H groups in total. The maximum atomic E-state index is 12.0. The average Bonchev–Trinajstić information content (AvgIpc) is 2.36. The Morgan fingerprint density at radius 3 is 2.48 bits per heavy atom. The van der Waals surface area contributed by atoms with Gasteiger partial charge in [0.1, 0.15) is 0 Å². The van der Waals surface area contributed by atoms with Gasteiger partial charge < -0.3 is 9.84 Å². The summed E-state index contributed by atoms with van der Waals surface area (Å²) in [7, 11) is 0. The minimum atomic E-state index is -0.927. The van der Waals surface area contributed by atoms with Gasteiger partial charge in [0.05, 0.1) is 19.1 Å². The van der Waals surface area contributed by atoms with Gasteiger partial charge in [0.25, 0.3) is 0 Å². The molecule has 0 aliphatic carbocycles. The Morgan fingerprint density at radius 2 is 1.95 bits per heavy atom. The van der Waals surface area contributed by atoms with Gasteiger partial charge in [0, 0.05) is 23.6 Å². The number of carboxylic acids is 1. The smallest absolute Gasteiger partial charge is 0.348 e. The van der Waals surface area contributed by atoms with Crippen LogP contribution in [0.2, 0.25) is 0 Å². The van der Waals surface area contributed by atoms with Crippen LogP contribution in [0.25, 0.3) is 0 Å². The van der Waals surface area contributed by atoms with Crippen LogP contribution in [-0.2, 0) is 16.1 Å². The zero-order chi connectivity index (χ0) is 16.2. The molecule has 1 aromatic heterocycles. The van der Waals surface area contributed by atoms with Crippen LogP contribution in [0.15, 0.2) is 4.79 Å². The number of carboxylic acid groups (broad SMARTS) is 1. The van der Waals surface area contributed by atoms with Crippen LogP contribution in [-0.4, -0.2) is 33.8 Å². The molecular weight excluding hydrogens is 272 g/mol. The molecule has 1 aromatic rings. The van der Waals surface area contributed by atoms with Crippen molar-refractivity contribution in [2.24, 2.45) is 5.92 Å². The Kier molecular flexibility index (Phi) is 6.08. The van der Waals surface area contributed by atoms with E-state index >= 15 is 0 Å².